The number of benzene rings is 2. The van der Waals surface area contributed by atoms with Gasteiger partial charge in [-0.15, -0.1) is 0 Å². The van der Waals surface area contributed by atoms with Gasteiger partial charge in [0.25, 0.3) is 0 Å². The van der Waals surface area contributed by atoms with Crippen molar-refractivity contribution in [2.24, 2.45) is 5.92 Å². The van der Waals surface area contributed by atoms with Crippen LogP contribution in [0.25, 0.3) is 0 Å². The largest absolute Gasteiger partial charge is 0.326 e. The molecular formula is C25H29N3O5S. The summed E-state index contributed by atoms with van der Waals surface area (Å²) in [6, 6.07) is 11.8. The number of anilines is 2. The molecule has 1 N–H and O–H groups in total. The molecule has 4 rings (SSSR count). The Balaban J connectivity index is 1.41. The van der Waals surface area contributed by atoms with Gasteiger partial charge in [0, 0.05) is 49.4 Å². The highest BCUT2D eigenvalue weighted by molar-refractivity contribution is 7.89. The number of carbonyl (C=O) groups is 3. The van der Waals surface area contributed by atoms with Crippen LogP contribution in [0.5, 0.6) is 0 Å². The van der Waals surface area contributed by atoms with E-state index >= 15 is 0 Å². The van der Waals surface area contributed by atoms with Gasteiger partial charge in [0.2, 0.25) is 21.8 Å². The lowest BCUT2D eigenvalue weighted by atomic mass is 9.97. The lowest BCUT2D eigenvalue weighted by Crippen LogP contribution is -2.41. The monoisotopic (exact) mass is 483 g/mol. The molecule has 34 heavy (non-hydrogen) atoms. The number of carbonyl (C=O) groups excluding carboxylic acids is 3. The summed E-state index contributed by atoms with van der Waals surface area (Å²) in [7, 11) is -3.70. The first kappa shape index (κ1) is 24.1. The molecular weight excluding hydrogens is 454 g/mol. The van der Waals surface area contributed by atoms with E-state index in [0.717, 1.165) is 24.1 Å². The smallest absolute Gasteiger partial charge is 0.243 e. The Labute approximate surface area is 200 Å². The minimum atomic E-state index is -3.70. The van der Waals surface area contributed by atoms with Gasteiger partial charge in [-0.1, -0.05) is 12.1 Å². The van der Waals surface area contributed by atoms with Crippen molar-refractivity contribution in [2.75, 3.05) is 29.9 Å². The standard InChI is InChI=1S/C25H29N3O5S/c1-17(29)20-5-3-7-22(15-20)26-25(31)19-10-13-27(14-11-19)34(32,33)23-8-9-24-21(16-23)6-4-12-28(24)18(2)30/h3,5,7-9,15-16,19H,4,6,10-14H2,1-2H3,(H,26,31). The number of hydrogen-bond acceptors (Lipinski definition) is 5. The SMILES string of the molecule is CC(=O)c1cccc(NC(=O)C2CCN(S(=O)(=O)c3ccc4c(c3)CCCN4C(C)=O)CC2)c1. The second kappa shape index (κ2) is 9.68. The third-order valence-corrected chi connectivity index (χ3v) is 8.44. The average Bonchev–Trinajstić information content (AvgIpc) is 2.83. The van der Waals surface area contributed by atoms with Crippen LogP contribution in [0.15, 0.2) is 47.4 Å². The summed E-state index contributed by atoms with van der Waals surface area (Å²) >= 11 is 0. The zero-order chi connectivity index (χ0) is 24.5. The number of sulfonamides is 1. The number of hydrogen-bond donors (Lipinski definition) is 1. The highest BCUT2D eigenvalue weighted by Crippen LogP contribution is 2.32. The second-order valence-electron chi connectivity index (χ2n) is 8.87. The van der Waals surface area contributed by atoms with Gasteiger partial charge in [-0.05, 0) is 68.5 Å². The van der Waals surface area contributed by atoms with Gasteiger partial charge in [-0.2, -0.15) is 4.31 Å². The topological polar surface area (TPSA) is 104 Å². The lowest BCUT2D eigenvalue weighted by Gasteiger charge is -2.32. The Morgan fingerprint density at radius 1 is 0.971 bits per heavy atom. The number of nitrogens with zero attached hydrogens (tertiary/aromatic N) is 2. The van der Waals surface area contributed by atoms with Crippen molar-refractivity contribution in [2.45, 2.75) is 44.4 Å². The molecule has 2 aromatic carbocycles. The quantitative estimate of drug-likeness (QED) is 0.658. The van der Waals surface area contributed by atoms with Crippen molar-refractivity contribution in [3.05, 3.63) is 53.6 Å². The fraction of sp³-hybridized carbons (Fsp3) is 0.400. The van der Waals surface area contributed by atoms with Gasteiger partial charge in [0.05, 0.1) is 4.90 Å². The molecule has 0 aromatic heterocycles. The summed E-state index contributed by atoms with van der Waals surface area (Å²) in [6.45, 7) is 4.14. The van der Waals surface area contributed by atoms with Gasteiger partial charge < -0.3 is 10.2 Å². The molecule has 0 aliphatic carbocycles. The van der Waals surface area contributed by atoms with Gasteiger partial charge in [0.1, 0.15) is 0 Å². The van der Waals surface area contributed by atoms with E-state index in [2.05, 4.69) is 5.32 Å². The fourth-order valence-electron chi connectivity index (χ4n) is 4.63. The van der Waals surface area contributed by atoms with E-state index in [9.17, 15) is 22.8 Å². The van der Waals surface area contributed by atoms with Gasteiger partial charge >= 0.3 is 0 Å². The molecule has 0 saturated carbocycles. The highest BCUT2D eigenvalue weighted by atomic mass is 32.2. The Morgan fingerprint density at radius 3 is 2.38 bits per heavy atom. The van der Waals surface area contributed by atoms with Crippen LogP contribution in [-0.2, 0) is 26.0 Å². The van der Waals surface area contributed by atoms with Gasteiger partial charge in [-0.25, -0.2) is 8.42 Å². The summed E-state index contributed by atoms with van der Waals surface area (Å²) in [5.41, 5.74) is 2.73. The maximum atomic E-state index is 13.3. The molecule has 0 unspecified atom stereocenters. The van der Waals surface area contributed by atoms with Gasteiger partial charge in [-0.3, -0.25) is 14.4 Å². The first-order valence-corrected chi connectivity index (χ1v) is 12.9. The Bertz CT molecular complexity index is 1230. The van der Waals surface area contributed by atoms with Crippen LogP contribution in [0.2, 0.25) is 0 Å². The maximum Gasteiger partial charge on any atom is 0.243 e. The summed E-state index contributed by atoms with van der Waals surface area (Å²) in [6.07, 6.45) is 2.36. The fourth-order valence-corrected chi connectivity index (χ4v) is 6.15. The summed E-state index contributed by atoms with van der Waals surface area (Å²) < 4.78 is 28.0. The zero-order valence-electron chi connectivity index (χ0n) is 19.4. The van der Waals surface area contributed by atoms with Crippen LogP contribution >= 0.6 is 0 Å². The number of nitrogens with one attached hydrogen (secondary N) is 1. The molecule has 2 aromatic rings. The van der Waals surface area contributed by atoms with Crippen molar-refractivity contribution in [3.63, 3.8) is 0 Å². The zero-order valence-corrected chi connectivity index (χ0v) is 20.2. The van der Waals surface area contributed by atoms with Crippen LogP contribution in [-0.4, -0.2) is 50.0 Å². The van der Waals surface area contributed by atoms with Crippen molar-refractivity contribution < 1.29 is 22.8 Å². The van der Waals surface area contributed by atoms with E-state index < -0.39 is 10.0 Å². The number of Topliss-reactive ketones (excluding diaryl/α,β-unsaturated/α-hetero) is 1. The van der Waals surface area contributed by atoms with Crippen LogP contribution in [0.4, 0.5) is 11.4 Å². The Kier molecular flexibility index (Phi) is 6.86. The molecule has 1 saturated heterocycles. The molecule has 9 heteroatoms. The molecule has 2 heterocycles. The molecule has 0 bridgehead atoms. The third-order valence-electron chi connectivity index (χ3n) is 6.55. The number of rotatable bonds is 5. The summed E-state index contributed by atoms with van der Waals surface area (Å²) in [4.78, 5) is 38.1. The first-order valence-electron chi connectivity index (χ1n) is 11.5. The summed E-state index contributed by atoms with van der Waals surface area (Å²) in [5.74, 6) is -0.605. The normalized spacial score (nSPS) is 17.2. The number of piperidine rings is 1. The molecule has 2 amide bonds. The summed E-state index contributed by atoms with van der Waals surface area (Å²) in [5, 5.41) is 2.85. The van der Waals surface area contributed by atoms with E-state index in [0.29, 0.717) is 30.6 Å². The molecule has 8 nitrogen and oxygen atoms in total. The molecule has 2 aliphatic heterocycles. The molecule has 0 atom stereocenters. The maximum absolute atomic E-state index is 13.3. The Hall–Kier alpha value is -3.04. The molecule has 1 fully saturated rings. The van der Waals surface area contributed by atoms with Crippen molar-refractivity contribution in [1.29, 1.82) is 0 Å². The number of fused-ring (bicyclic) bond motifs is 1. The van der Waals surface area contributed by atoms with E-state index in [1.165, 1.54) is 18.2 Å². The Morgan fingerprint density at radius 2 is 1.71 bits per heavy atom. The number of amides is 2. The molecule has 2 aliphatic rings. The van der Waals surface area contributed by atoms with E-state index in [1.807, 2.05) is 0 Å². The third kappa shape index (κ3) is 4.90. The van der Waals surface area contributed by atoms with E-state index in [4.69, 9.17) is 0 Å². The molecule has 0 spiro atoms. The predicted octanol–water partition coefficient (Wildman–Crippen LogP) is 3.23. The minimum absolute atomic E-state index is 0.0510. The molecule has 0 radical (unpaired) electrons. The van der Waals surface area contributed by atoms with E-state index in [1.54, 1.807) is 47.4 Å². The van der Waals surface area contributed by atoms with Crippen molar-refractivity contribution in [3.8, 4) is 0 Å². The van der Waals surface area contributed by atoms with Crippen LogP contribution in [0.1, 0.15) is 49.0 Å². The lowest BCUT2D eigenvalue weighted by molar-refractivity contribution is -0.121. The van der Waals surface area contributed by atoms with Gasteiger partial charge in [0.15, 0.2) is 5.78 Å². The highest BCUT2D eigenvalue weighted by Gasteiger charge is 2.33. The average molecular weight is 484 g/mol. The first-order chi connectivity index (χ1) is 16.2. The van der Waals surface area contributed by atoms with Crippen LogP contribution in [0, 0.1) is 5.92 Å². The number of aryl methyl sites for hydroxylation is 1. The predicted molar refractivity (Wildman–Crippen MR) is 129 cm³/mol. The minimum Gasteiger partial charge on any atom is -0.326 e. The second-order valence-corrected chi connectivity index (χ2v) is 10.8. The number of ketones is 1. The van der Waals surface area contributed by atoms with Crippen molar-refractivity contribution in [1.82, 2.24) is 4.31 Å². The molecule has 180 valence electrons. The van der Waals surface area contributed by atoms with Crippen molar-refractivity contribution >= 4 is 39.0 Å². The van der Waals surface area contributed by atoms with Crippen LogP contribution in [0.3, 0.4) is 0 Å². The van der Waals surface area contributed by atoms with Crippen LogP contribution < -0.4 is 10.2 Å². The van der Waals surface area contributed by atoms with E-state index in [-0.39, 0.29) is 41.5 Å².